The van der Waals surface area contributed by atoms with E-state index in [4.69, 9.17) is 16.3 Å². The highest BCUT2D eigenvalue weighted by atomic mass is 35.5. The number of aryl methyl sites for hydroxylation is 1. The normalized spacial score (nSPS) is 26.5. The van der Waals surface area contributed by atoms with Gasteiger partial charge in [-0.3, -0.25) is 0 Å². The Morgan fingerprint density at radius 2 is 1.81 bits per heavy atom. The first-order valence-corrected chi connectivity index (χ1v) is 11.1. The number of ether oxygens (including phenoxy) is 1. The fourth-order valence-corrected chi connectivity index (χ4v) is 5.05. The molecule has 2 aromatic carbocycles. The summed E-state index contributed by atoms with van der Waals surface area (Å²) in [6.07, 6.45) is -4.13. The van der Waals surface area contributed by atoms with Crippen LogP contribution < -0.4 is 0 Å². The number of aliphatic hydroxyl groups excluding tert-OH is 4. The van der Waals surface area contributed by atoms with E-state index >= 15 is 0 Å². The Labute approximate surface area is 187 Å². The minimum absolute atomic E-state index is 0.111. The molecule has 0 unspecified atom stereocenters. The molecular weight excluding hydrogens is 445 g/mol. The third-order valence-corrected chi connectivity index (χ3v) is 6.85. The van der Waals surface area contributed by atoms with Crippen molar-refractivity contribution < 1.29 is 29.6 Å². The second-order valence-corrected chi connectivity index (χ2v) is 9.03. The van der Waals surface area contributed by atoms with Crippen LogP contribution in [0.3, 0.4) is 0 Å². The van der Waals surface area contributed by atoms with Gasteiger partial charge < -0.3 is 29.7 Å². The number of hydrogen-bond acceptors (Lipinski definition) is 6. The van der Waals surface area contributed by atoms with Gasteiger partial charge in [0.25, 0.3) is 0 Å². The largest absolute Gasteiger partial charge is 0.394 e. The Morgan fingerprint density at radius 1 is 1.10 bits per heavy atom. The van der Waals surface area contributed by atoms with Gasteiger partial charge in [-0.15, -0.1) is 0 Å². The number of benzene rings is 2. The summed E-state index contributed by atoms with van der Waals surface area (Å²) >= 11 is 7.76. The van der Waals surface area contributed by atoms with Crippen molar-refractivity contribution in [1.29, 1.82) is 0 Å². The predicted molar refractivity (Wildman–Crippen MR) is 116 cm³/mol. The molecule has 5 atom stereocenters. The molecule has 4 rings (SSSR count). The van der Waals surface area contributed by atoms with Gasteiger partial charge in [0.1, 0.15) is 30.2 Å². The van der Waals surface area contributed by atoms with Gasteiger partial charge >= 0.3 is 0 Å². The molecule has 31 heavy (non-hydrogen) atoms. The van der Waals surface area contributed by atoms with E-state index < -0.39 is 43.1 Å². The van der Waals surface area contributed by atoms with Gasteiger partial charge in [-0.25, -0.2) is 4.39 Å². The summed E-state index contributed by atoms with van der Waals surface area (Å²) in [6.45, 7) is 1.52. The van der Waals surface area contributed by atoms with Gasteiger partial charge in [-0.1, -0.05) is 42.4 Å². The highest BCUT2D eigenvalue weighted by molar-refractivity contribution is 7.99. The highest BCUT2D eigenvalue weighted by Gasteiger charge is 2.44. The molecule has 0 radical (unpaired) electrons. The lowest BCUT2D eigenvalue weighted by molar-refractivity contribution is -0.250. The summed E-state index contributed by atoms with van der Waals surface area (Å²) < 4.78 is 21.4. The molecule has 1 saturated heterocycles. The minimum atomic E-state index is -1.54. The van der Waals surface area contributed by atoms with Gasteiger partial charge in [0.2, 0.25) is 0 Å². The average Bonchev–Trinajstić information content (AvgIpc) is 3.11. The van der Waals surface area contributed by atoms with E-state index in [9.17, 15) is 24.8 Å². The number of hydrogen-bond donors (Lipinski definition) is 4. The summed E-state index contributed by atoms with van der Waals surface area (Å²) in [6, 6.07) is 10.5. The summed E-state index contributed by atoms with van der Waals surface area (Å²) in [5.41, 5.74) is 1.61. The maximum atomic E-state index is 14.2. The molecule has 0 bridgehead atoms. The Balaban J connectivity index is 1.80. The van der Waals surface area contributed by atoms with Crippen LogP contribution in [-0.4, -0.2) is 56.0 Å². The van der Waals surface area contributed by atoms with Crippen molar-refractivity contribution in [2.24, 2.45) is 0 Å². The maximum absolute atomic E-state index is 14.2. The molecule has 1 fully saturated rings. The predicted octanol–water partition coefficient (Wildman–Crippen LogP) is 3.12. The summed E-state index contributed by atoms with van der Waals surface area (Å²) in [4.78, 5) is 1.61. The van der Waals surface area contributed by atoms with E-state index in [1.165, 1.54) is 28.0 Å². The standard InChI is InChI=1S/C22H23ClFNO5S/c1-2-11-3-5-13(6-4-11)31-17-9-25(18-14(17)7-12(24)8-15(18)23)22-21(29)20(28)19(27)16(10-26)30-22/h3-9,16,19-22,26-29H,2,10H2,1H3/t16-,19-,20+,21-,22-/m1/s1. The molecule has 2 heterocycles. The van der Waals surface area contributed by atoms with Crippen LogP contribution in [0.2, 0.25) is 5.02 Å². The van der Waals surface area contributed by atoms with E-state index in [1.54, 1.807) is 6.20 Å². The van der Waals surface area contributed by atoms with E-state index in [-0.39, 0.29) is 5.02 Å². The fourth-order valence-electron chi connectivity index (χ4n) is 3.79. The number of nitrogens with zero attached hydrogens (tertiary/aromatic N) is 1. The quantitative estimate of drug-likeness (QED) is 0.460. The second kappa shape index (κ2) is 9.07. The van der Waals surface area contributed by atoms with E-state index in [1.807, 2.05) is 24.3 Å². The molecule has 6 nitrogen and oxygen atoms in total. The number of fused-ring (bicyclic) bond motifs is 1. The smallest absolute Gasteiger partial charge is 0.163 e. The Hall–Kier alpha value is -1.65. The van der Waals surface area contributed by atoms with E-state index in [0.29, 0.717) is 15.8 Å². The van der Waals surface area contributed by atoms with Crippen LogP contribution in [-0.2, 0) is 11.2 Å². The van der Waals surface area contributed by atoms with Gasteiger partial charge in [0.05, 0.1) is 17.1 Å². The van der Waals surface area contributed by atoms with Crippen molar-refractivity contribution in [3.63, 3.8) is 0 Å². The van der Waals surface area contributed by atoms with E-state index in [0.717, 1.165) is 17.4 Å². The van der Waals surface area contributed by atoms with Gasteiger partial charge in [0, 0.05) is 21.4 Å². The summed E-state index contributed by atoms with van der Waals surface area (Å²) in [5, 5.41) is 41.0. The van der Waals surface area contributed by atoms with Crippen LogP contribution in [0.5, 0.6) is 0 Å². The van der Waals surface area contributed by atoms with E-state index in [2.05, 4.69) is 6.92 Å². The number of rotatable bonds is 5. The number of halogens is 2. The van der Waals surface area contributed by atoms with Gasteiger partial charge in [0.15, 0.2) is 6.23 Å². The third kappa shape index (κ3) is 4.21. The fraction of sp³-hybridized carbons (Fsp3) is 0.364. The van der Waals surface area contributed by atoms with Crippen molar-refractivity contribution in [2.45, 2.75) is 53.8 Å². The van der Waals surface area contributed by atoms with Crippen molar-refractivity contribution in [1.82, 2.24) is 4.57 Å². The zero-order valence-corrected chi connectivity index (χ0v) is 18.2. The number of aliphatic hydroxyl groups is 4. The van der Waals surface area contributed by atoms with Crippen LogP contribution in [0, 0.1) is 5.82 Å². The van der Waals surface area contributed by atoms with Crippen molar-refractivity contribution >= 4 is 34.3 Å². The number of aromatic nitrogens is 1. The first-order valence-electron chi connectivity index (χ1n) is 9.91. The molecule has 0 saturated carbocycles. The van der Waals surface area contributed by atoms with Crippen molar-refractivity contribution in [3.8, 4) is 0 Å². The minimum Gasteiger partial charge on any atom is -0.394 e. The van der Waals surface area contributed by atoms with Crippen LogP contribution >= 0.6 is 23.4 Å². The lowest BCUT2D eigenvalue weighted by Crippen LogP contribution is -2.56. The zero-order valence-electron chi connectivity index (χ0n) is 16.7. The monoisotopic (exact) mass is 467 g/mol. The van der Waals surface area contributed by atoms with Crippen LogP contribution in [0.15, 0.2) is 52.4 Å². The van der Waals surface area contributed by atoms with Crippen molar-refractivity contribution in [3.05, 3.63) is 59.0 Å². The summed E-state index contributed by atoms with van der Waals surface area (Å²) in [7, 11) is 0. The lowest BCUT2D eigenvalue weighted by atomic mass is 9.98. The first-order chi connectivity index (χ1) is 14.8. The summed E-state index contributed by atoms with van der Waals surface area (Å²) in [5.74, 6) is -0.507. The molecule has 1 aliphatic heterocycles. The first kappa shape index (κ1) is 22.5. The average molecular weight is 468 g/mol. The molecule has 0 aliphatic carbocycles. The molecule has 0 amide bonds. The molecule has 9 heteroatoms. The lowest BCUT2D eigenvalue weighted by Gasteiger charge is -2.40. The molecule has 3 aromatic rings. The Kier molecular flexibility index (Phi) is 6.60. The second-order valence-electron chi connectivity index (χ2n) is 7.50. The zero-order chi connectivity index (χ0) is 22.3. The molecular formula is C22H23ClFNO5S. The van der Waals surface area contributed by atoms with Gasteiger partial charge in [-0.2, -0.15) is 0 Å². The Morgan fingerprint density at radius 3 is 2.45 bits per heavy atom. The third-order valence-electron chi connectivity index (χ3n) is 5.51. The van der Waals surface area contributed by atoms with Crippen LogP contribution in [0.4, 0.5) is 4.39 Å². The van der Waals surface area contributed by atoms with Crippen LogP contribution in [0.25, 0.3) is 10.9 Å². The molecule has 1 aromatic heterocycles. The topological polar surface area (TPSA) is 95.1 Å². The highest BCUT2D eigenvalue weighted by Crippen LogP contribution is 2.41. The van der Waals surface area contributed by atoms with Crippen molar-refractivity contribution in [2.75, 3.05) is 6.61 Å². The maximum Gasteiger partial charge on any atom is 0.163 e. The molecule has 0 spiro atoms. The SMILES string of the molecule is CCc1ccc(Sc2cn([C@@H]3O[C@H](CO)[C@@H](O)[C@H](O)[C@H]3O)c3c(Cl)cc(F)cc23)cc1. The van der Waals surface area contributed by atoms with Crippen LogP contribution in [0.1, 0.15) is 18.7 Å². The molecule has 1 aliphatic rings. The van der Waals surface area contributed by atoms with Gasteiger partial charge in [-0.05, 0) is 36.2 Å². The Bertz CT molecular complexity index is 1070. The molecule has 4 N–H and O–H groups in total. The molecule has 166 valence electrons.